The molecule has 0 aliphatic carbocycles. The maximum Gasteiger partial charge on any atom is 0.142 e. The summed E-state index contributed by atoms with van der Waals surface area (Å²) in [5.41, 5.74) is 2.65. The summed E-state index contributed by atoms with van der Waals surface area (Å²) in [5, 5.41) is 23.1. The molecule has 0 saturated carbocycles. The lowest BCUT2D eigenvalue weighted by Crippen LogP contribution is -2.05. The topological polar surface area (TPSA) is 65.4 Å². The number of aliphatic hydroxyl groups is 1. The number of anilines is 1. The molecule has 1 aromatic carbocycles. The molecule has 2 aromatic rings. The standard InChI is InChI=1S/C14H15ClN2O2/c1-9-14(19)13(10(8-18)6-16-9)7-17-12-4-2-3-11(15)5-12/h2-6,17-19H,7-8H2,1H3. The summed E-state index contributed by atoms with van der Waals surface area (Å²) in [6.07, 6.45) is 1.57. The van der Waals surface area contributed by atoms with Crippen LogP contribution in [0.15, 0.2) is 30.5 Å². The van der Waals surface area contributed by atoms with E-state index in [4.69, 9.17) is 11.6 Å². The van der Waals surface area contributed by atoms with Gasteiger partial charge in [-0.15, -0.1) is 0 Å². The third-order valence-corrected chi connectivity index (χ3v) is 3.13. The van der Waals surface area contributed by atoms with E-state index in [1.807, 2.05) is 12.1 Å². The van der Waals surface area contributed by atoms with Crippen molar-refractivity contribution in [1.29, 1.82) is 0 Å². The molecular formula is C14H15ClN2O2. The largest absolute Gasteiger partial charge is 0.506 e. The fraction of sp³-hybridized carbons (Fsp3) is 0.214. The molecule has 5 heteroatoms. The van der Waals surface area contributed by atoms with Gasteiger partial charge in [-0.1, -0.05) is 17.7 Å². The number of aryl methyl sites for hydroxylation is 1. The van der Waals surface area contributed by atoms with E-state index in [2.05, 4.69) is 10.3 Å². The van der Waals surface area contributed by atoms with Crippen LogP contribution in [0.3, 0.4) is 0 Å². The maximum absolute atomic E-state index is 10.0. The van der Waals surface area contributed by atoms with E-state index in [1.54, 1.807) is 25.3 Å². The molecule has 0 unspecified atom stereocenters. The van der Waals surface area contributed by atoms with E-state index >= 15 is 0 Å². The second-order valence-electron chi connectivity index (χ2n) is 4.22. The zero-order valence-electron chi connectivity index (χ0n) is 10.5. The highest BCUT2D eigenvalue weighted by atomic mass is 35.5. The van der Waals surface area contributed by atoms with E-state index in [0.717, 1.165) is 5.69 Å². The van der Waals surface area contributed by atoms with Gasteiger partial charge in [0.2, 0.25) is 0 Å². The summed E-state index contributed by atoms with van der Waals surface area (Å²) in [7, 11) is 0. The van der Waals surface area contributed by atoms with Gasteiger partial charge in [0.15, 0.2) is 0 Å². The molecule has 0 atom stereocenters. The highest BCUT2D eigenvalue weighted by Gasteiger charge is 2.11. The number of benzene rings is 1. The van der Waals surface area contributed by atoms with Crippen LogP contribution >= 0.6 is 11.6 Å². The number of hydrogen-bond donors (Lipinski definition) is 3. The number of aromatic hydroxyl groups is 1. The Kier molecular flexibility index (Phi) is 4.24. The average molecular weight is 279 g/mol. The van der Waals surface area contributed by atoms with E-state index in [1.165, 1.54) is 0 Å². The minimum atomic E-state index is -0.159. The number of aromatic nitrogens is 1. The lowest BCUT2D eigenvalue weighted by Gasteiger charge is -2.13. The van der Waals surface area contributed by atoms with Gasteiger partial charge < -0.3 is 15.5 Å². The molecule has 1 heterocycles. The molecule has 0 aliphatic rings. The molecule has 3 N–H and O–H groups in total. The molecule has 2 rings (SSSR count). The van der Waals surface area contributed by atoms with Crippen LogP contribution in [0.25, 0.3) is 0 Å². The summed E-state index contributed by atoms with van der Waals surface area (Å²) in [4.78, 5) is 4.02. The Morgan fingerprint density at radius 3 is 2.84 bits per heavy atom. The van der Waals surface area contributed by atoms with E-state index in [-0.39, 0.29) is 12.4 Å². The van der Waals surface area contributed by atoms with Crippen LogP contribution in [0.2, 0.25) is 5.02 Å². The second kappa shape index (κ2) is 5.91. The molecule has 0 amide bonds. The van der Waals surface area contributed by atoms with Crippen LogP contribution in [-0.4, -0.2) is 15.2 Å². The van der Waals surface area contributed by atoms with E-state index < -0.39 is 0 Å². The maximum atomic E-state index is 10.0. The monoisotopic (exact) mass is 278 g/mol. The third kappa shape index (κ3) is 3.16. The summed E-state index contributed by atoms with van der Waals surface area (Å²) >= 11 is 5.90. The smallest absolute Gasteiger partial charge is 0.142 e. The van der Waals surface area contributed by atoms with Crippen molar-refractivity contribution in [2.75, 3.05) is 5.32 Å². The number of nitrogens with one attached hydrogen (secondary N) is 1. The minimum Gasteiger partial charge on any atom is -0.506 e. The van der Waals surface area contributed by atoms with Gasteiger partial charge in [0.25, 0.3) is 0 Å². The fourth-order valence-corrected chi connectivity index (χ4v) is 2.00. The number of aliphatic hydroxyl groups excluding tert-OH is 1. The van der Waals surface area contributed by atoms with Gasteiger partial charge in [0.05, 0.1) is 12.3 Å². The lowest BCUT2D eigenvalue weighted by molar-refractivity contribution is 0.279. The summed E-state index contributed by atoms with van der Waals surface area (Å²) in [5.74, 6) is 0.112. The first kappa shape index (κ1) is 13.6. The van der Waals surface area contributed by atoms with Crippen molar-refractivity contribution in [2.45, 2.75) is 20.1 Å². The van der Waals surface area contributed by atoms with Gasteiger partial charge in [-0.3, -0.25) is 4.98 Å². The Labute approximate surface area is 116 Å². The van der Waals surface area contributed by atoms with Crippen molar-refractivity contribution in [1.82, 2.24) is 4.98 Å². The number of rotatable bonds is 4. The molecule has 19 heavy (non-hydrogen) atoms. The highest BCUT2D eigenvalue weighted by molar-refractivity contribution is 6.30. The van der Waals surface area contributed by atoms with Gasteiger partial charge in [0, 0.05) is 34.6 Å². The SMILES string of the molecule is Cc1ncc(CO)c(CNc2cccc(Cl)c2)c1O. The zero-order valence-corrected chi connectivity index (χ0v) is 11.3. The number of nitrogens with zero attached hydrogens (tertiary/aromatic N) is 1. The van der Waals surface area contributed by atoms with Crippen molar-refractivity contribution in [3.63, 3.8) is 0 Å². The molecular weight excluding hydrogens is 264 g/mol. The molecule has 0 radical (unpaired) electrons. The van der Waals surface area contributed by atoms with Crippen molar-refractivity contribution >= 4 is 17.3 Å². The molecule has 100 valence electrons. The average Bonchev–Trinajstić information content (AvgIpc) is 2.40. The van der Waals surface area contributed by atoms with Gasteiger partial charge in [-0.25, -0.2) is 0 Å². The van der Waals surface area contributed by atoms with Crippen LogP contribution < -0.4 is 5.32 Å². The van der Waals surface area contributed by atoms with Crippen molar-refractivity contribution < 1.29 is 10.2 Å². The predicted octanol–water partition coefficient (Wildman–Crippen LogP) is 2.85. The Balaban J connectivity index is 2.21. The van der Waals surface area contributed by atoms with Crippen LogP contribution in [0.5, 0.6) is 5.75 Å². The summed E-state index contributed by atoms with van der Waals surface area (Å²) in [6.45, 7) is 1.96. The van der Waals surface area contributed by atoms with Gasteiger partial charge in [-0.2, -0.15) is 0 Å². The molecule has 4 nitrogen and oxygen atoms in total. The van der Waals surface area contributed by atoms with Gasteiger partial charge in [-0.05, 0) is 25.1 Å². The molecule has 0 spiro atoms. The van der Waals surface area contributed by atoms with Crippen molar-refractivity contribution in [2.24, 2.45) is 0 Å². The second-order valence-corrected chi connectivity index (χ2v) is 4.65. The lowest BCUT2D eigenvalue weighted by atomic mass is 10.1. The Bertz CT molecular complexity index is 588. The first-order valence-corrected chi connectivity index (χ1v) is 6.26. The quantitative estimate of drug-likeness (QED) is 0.805. The molecule has 0 bridgehead atoms. The fourth-order valence-electron chi connectivity index (χ4n) is 1.81. The third-order valence-electron chi connectivity index (χ3n) is 2.89. The van der Waals surface area contributed by atoms with Gasteiger partial charge in [0.1, 0.15) is 5.75 Å². The van der Waals surface area contributed by atoms with Crippen molar-refractivity contribution in [3.05, 3.63) is 52.3 Å². The normalized spacial score (nSPS) is 10.5. The number of halogens is 1. The number of pyridine rings is 1. The predicted molar refractivity (Wildman–Crippen MR) is 75.3 cm³/mol. The Morgan fingerprint density at radius 2 is 2.16 bits per heavy atom. The number of hydrogen-bond acceptors (Lipinski definition) is 4. The van der Waals surface area contributed by atoms with Crippen LogP contribution in [0.4, 0.5) is 5.69 Å². The first-order chi connectivity index (χ1) is 9.11. The summed E-state index contributed by atoms with van der Waals surface area (Å²) < 4.78 is 0. The Hall–Kier alpha value is -1.78. The van der Waals surface area contributed by atoms with Crippen LogP contribution in [-0.2, 0) is 13.2 Å². The molecule has 0 aliphatic heterocycles. The first-order valence-electron chi connectivity index (χ1n) is 5.88. The van der Waals surface area contributed by atoms with Crippen LogP contribution in [0, 0.1) is 6.92 Å². The van der Waals surface area contributed by atoms with Gasteiger partial charge >= 0.3 is 0 Å². The highest BCUT2D eigenvalue weighted by Crippen LogP contribution is 2.25. The molecule has 0 fully saturated rings. The Morgan fingerprint density at radius 1 is 1.37 bits per heavy atom. The zero-order chi connectivity index (χ0) is 13.8. The summed E-state index contributed by atoms with van der Waals surface area (Å²) in [6, 6.07) is 7.32. The minimum absolute atomic E-state index is 0.112. The van der Waals surface area contributed by atoms with E-state index in [9.17, 15) is 10.2 Å². The van der Waals surface area contributed by atoms with Crippen molar-refractivity contribution in [3.8, 4) is 5.75 Å². The molecule has 1 aromatic heterocycles. The van der Waals surface area contributed by atoms with E-state index in [0.29, 0.717) is 28.4 Å². The molecule has 0 saturated heterocycles. The van der Waals surface area contributed by atoms with Crippen LogP contribution in [0.1, 0.15) is 16.8 Å².